The molecule has 19 heavy (non-hydrogen) atoms. The van der Waals surface area contributed by atoms with Crippen LogP contribution in [0.3, 0.4) is 0 Å². The molecular weight excluding hydrogens is 306 g/mol. The number of carbonyl (C=O) groups excluding carboxylic acids is 1. The molecule has 1 atom stereocenters. The average Bonchev–Trinajstić information content (AvgIpc) is 3.07. The van der Waals surface area contributed by atoms with Gasteiger partial charge in [-0.15, -0.1) is 0 Å². The van der Waals surface area contributed by atoms with Gasteiger partial charge in [0.15, 0.2) is 10.4 Å². The van der Waals surface area contributed by atoms with E-state index in [4.69, 9.17) is 4.42 Å². The van der Waals surface area contributed by atoms with Crippen molar-refractivity contribution in [2.45, 2.75) is 18.9 Å². The molecule has 98 valence electrons. The Morgan fingerprint density at radius 2 is 2.00 bits per heavy atom. The number of halogens is 1. The van der Waals surface area contributed by atoms with Crippen molar-refractivity contribution in [2.24, 2.45) is 0 Å². The van der Waals surface area contributed by atoms with E-state index in [1.165, 1.54) is 5.56 Å². The minimum Gasteiger partial charge on any atom is -0.444 e. The SMILES string of the molecule is O=C(c1ccc(Br)o1)N1CCCC1c1ccccc1. The largest absolute Gasteiger partial charge is 0.444 e. The summed E-state index contributed by atoms with van der Waals surface area (Å²) in [6.45, 7) is 0.788. The predicted molar refractivity (Wildman–Crippen MR) is 75.9 cm³/mol. The van der Waals surface area contributed by atoms with Crippen molar-refractivity contribution < 1.29 is 9.21 Å². The van der Waals surface area contributed by atoms with Crippen LogP contribution in [0.2, 0.25) is 0 Å². The summed E-state index contributed by atoms with van der Waals surface area (Å²) in [5.74, 6) is 0.367. The standard InChI is InChI=1S/C15H14BrNO2/c16-14-9-8-13(19-14)15(18)17-10-4-7-12(17)11-5-2-1-3-6-11/h1-3,5-6,8-9,12H,4,7,10H2. The molecule has 1 amide bonds. The van der Waals surface area contributed by atoms with Crippen LogP contribution in [0.15, 0.2) is 51.6 Å². The zero-order chi connectivity index (χ0) is 13.2. The molecular formula is C15H14BrNO2. The van der Waals surface area contributed by atoms with Gasteiger partial charge in [-0.1, -0.05) is 30.3 Å². The van der Waals surface area contributed by atoms with E-state index in [0.29, 0.717) is 10.4 Å². The summed E-state index contributed by atoms with van der Waals surface area (Å²) in [7, 11) is 0. The van der Waals surface area contributed by atoms with Crippen LogP contribution in [0, 0.1) is 0 Å². The van der Waals surface area contributed by atoms with E-state index in [2.05, 4.69) is 28.1 Å². The third kappa shape index (κ3) is 2.45. The van der Waals surface area contributed by atoms with Gasteiger partial charge in [0, 0.05) is 6.54 Å². The number of furan rings is 1. The van der Waals surface area contributed by atoms with Crippen LogP contribution in [0.4, 0.5) is 0 Å². The number of hydrogen-bond donors (Lipinski definition) is 0. The molecule has 3 rings (SSSR count). The van der Waals surface area contributed by atoms with E-state index in [0.717, 1.165) is 19.4 Å². The van der Waals surface area contributed by atoms with Crippen molar-refractivity contribution in [3.05, 3.63) is 58.5 Å². The molecule has 0 radical (unpaired) electrons. The van der Waals surface area contributed by atoms with Crippen molar-refractivity contribution in [1.82, 2.24) is 4.90 Å². The van der Waals surface area contributed by atoms with Gasteiger partial charge in [0.25, 0.3) is 5.91 Å². The van der Waals surface area contributed by atoms with E-state index in [1.54, 1.807) is 12.1 Å². The zero-order valence-electron chi connectivity index (χ0n) is 10.4. The molecule has 0 bridgehead atoms. The molecule has 0 spiro atoms. The fourth-order valence-corrected chi connectivity index (χ4v) is 2.91. The zero-order valence-corrected chi connectivity index (χ0v) is 12.0. The highest BCUT2D eigenvalue weighted by molar-refractivity contribution is 9.10. The van der Waals surface area contributed by atoms with Crippen LogP contribution in [0.1, 0.15) is 35.0 Å². The van der Waals surface area contributed by atoms with E-state index < -0.39 is 0 Å². The van der Waals surface area contributed by atoms with E-state index >= 15 is 0 Å². The minimum absolute atomic E-state index is 0.0305. The van der Waals surface area contributed by atoms with Gasteiger partial charge in [-0.25, -0.2) is 0 Å². The first-order valence-corrected chi connectivity index (χ1v) is 7.16. The van der Waals surface area contributed by atoms with E-state index in [-0.39, 0.29) is 11.9 Å². The monoisotopic (exact) mass is 319 g/mol. The Morgan fingerprint density at radius 1 is 1.21 bits per heavy atom. The van der Waals surface area contributed by atoms with E-state index in [9.17, 15) is 4.79 Å². The summed E-state index contributed by atoms with van der Waals surface area (Å²) < 4.78 is 5.96. The van der Waals surface area contributed by atoms with Crippen molar-refractivity contribution in [3.63, 3.8) is 0 Å². The first kappa shape index (κ1) is 12.5. The second-order valence-corrected chi connectivity index (χ2v) is 5.45. The third-order valence-corrected chi connectivity index (χ3v) is 3.91. The summed E-state index contributed by atoms with van der Waals surface area (Å²) in [6.07, 6.45) is 2.05. The quantitative estimate of drug-likeness (QED) is 0.837. The number of likely N-dealkylation sites (tertiary alicyclic amines) is 1. The van der Waals surface area contributed by atoms with E-state index in [1.807, 2.05) is 23.1 Å². The van der Waals surface area contributed by atoms with Crippen molar-refractivity contribution in [3.8, 4) is 0 Å². The Hall–Kier alpha value is -1.55. The first-order valence-electron chi connectivity index (χ1n) is 6.37. The second-order valence-electron chi connectivity index (χ2n) is 4.67. The van der Waals surface area contributed by atoms with Gasteiger partial charge >= 0.3 is 0 Å². The fraction of sp³-hybridized carbons (Fsp3) is 0.267. The maximum atomic E-state index is 12.5. The summed E-state index contributed by atoms with van der Waals surface area (Å²) >= 11 is 3.23. The molecule has 2 heterocycles. The number of nitrogens with zero attached hydrogens (tertiary/aromatic N) is 1. The molecule has 1 fully saturated rings. The lowest BCUT2D eigenvalue weighted by Gasteiger charge is -2.24. The molecule has 0 aliphatic carbocycles. The molecule has 1 saturated heterocycles. The van der Waals surface area contributed by atoms with Gasteiger partial charge in [0.2, 0.25) is 0 Å². The predicted octanol–water partition coefficient (Wildman–Crippen LogP) is 4.02. The van der Waals surface area contributed by atoms with Gasteiger partial charge in [0.05, 0.1) is 6.04 Å². The number of hydrogen-bond acceptors (Lipinski definition) is 2. The average molecular weight is 320 g/mol. The number of benzene rings is 1. The maximum absolute atomic E-state index is 12.5. The summed E-state index contributed by atoms with van der Waals surface area (Å²) in [6, 6.07) is 13.8. The van der Waals surface area contributed by atoms with Crippen molar-refractivity contribution >= 4 is 21.8 Å². The highest BCUT2D eigenvalue weighted by Crippen LogP contribution is 2.33. The van der Waals surface area contributed by atoms with Gasteiger partial charge in [-0.05, 0) is 46.5 Å². The number of rotatable bonds is 2. The Balaban J connectivity index is 1.86. The second kappa shape index (κ2) is 5.21. The van der Waals surface area contributed by atoms with Crippen LogP contribution in [-0.4, -0.2) is 17.4 Å². The molecule has 3 nitrogen and oxygen atoms in total. The van der Waals surface area contributed by atoms with Crippen molar-refractivity contribution in [2.75, 3.05) is 6.54 Å². The van der Waals surface area contributed by atoms with Crippen LogP contribution in [-0.2, 0) is 0 Å². The molecule has 1 aliphatic rings. The van der Waals surface area contributed by atoms with Crippen LogP contribution >= 0.6 is 15.9 Å². The Bertz CT molecular complexity index is 579. The van der Waals surface area contributed by atoms with Gasteiger partial charge in [-0.3, -0.25) is 4.79 Å². The molecule has 4 heteroatoms. The summed E-state index contributed by atoms with van der Waals surface area (Å²) in [4.78, 5) is 14.4. The molecule has 1 aromatic heterocycles. The third-order valence-electron chi connectivity index (χ3n) is 3.48. The Labute approximate surface area is 120 Å². The molecule has 1 aliphatic heterocycles. The van der Waals surface area contributed by atoms with Gasteiger partial charge < -0.3 is 9.32 Å². The van der Waals surface area contributed by atoms with Crippen LogP contribution in [0.5, 0.6) is 0 Å². The molecule has 0 N–H and O–H groups in total. The number of carbonyl (C=O) groups is 1. The summed E-state index contributed by atoms with van der Waals surface area (Å²) in [5.41, 5.74) is 1.19. The molecule has 2 aromatic rings. The minimum atomic E-state index is -0.0305. The number of amides is 1. The van der Waals surface area contributed by atoms with Gasteiger partial charge in [-0.2, -0.15) is 0 Å². The molecule has 1 unspecified atom stereocenters. The smallest absolute Gasteiger partial charge is 0.290 e. The van der Waals surface area contributed by atoms with Crippen LogP contribution in [0.25, 0.3) is 0 Å². The highest BCUT2D eigenvalue weighted by atomic mass is 79.9. The summed E-state index contributed by atoms with van der Waals surface area (Å²) in [5, 5.41) is 0. The lowest BCUT2D eigenvalue weighted by atomic mass is 10.0. The molecule has 0 saturated carbocycles. The van der Waals surface area contributed by atoms with Gasteiger partial charge in [0.1, 0.15) is 0 Å². The Morgan fingerprint density at radius 3 is 2.68 bits per heavy atom. The molecule has 1 aromatic carbocycles. The maximum Gasteiger partial charge on any atom is 0.290 e. The lowest BCUT2D eigenvalue weighted by molar-refractivity contribution is 0.0702. The lowest BCUT2D eigenvalue weighted by Crippen LogP contribution is -2.30. The normalized spacial score (nSPS) is 18.8. The fourth-order valence-electron chi connectivity index (χ4n) is 2.60. The highest BCUT2D eigenvalue weighted by Gasteiger charge is 2.31. The van der Waals surface area contributed by atoms with Crippen molar-refractivity contribution in [1.29, 1.82) is 0 Å². The van der Waals surface area contributed by atoms with Crippen LogP contribution < -0.4 is 0 Å². The first-order chi connectivity index (χ1) is 9.25. The topological polar surface area (TPSA) is 33.5 Å². The Kier molecular flexibility index (Phi) is 3.42.